The Kier molecular flexibility index (Phi) is 10.5. The highest BCUT2D eigenvalue weighted by Gasteiger charge is 2.46. The smallest absolute Gasteiger partial charge is 0.410 e. The summed E-state index contributed by atoms with van der Waals surface area (Å²) >= 11 is 0. The van der Waals surface area contributed by atoms with Gasteiger partial charge in [0.05, 0.1) is 6.04 Å². The molecule has 15 heteroatoms. The predicted octanol–water partition coefficient (Wildman–Crippen LogP) is 0.932. The van der Waals surface area contributed by atoms with Gasteiger partial charge in [-0.15, -0.1) is 0 Å². The quantitative estimate of drug-likeness (QED) is 0.260. The molecule has 3 saturated heterocycles. The van der Waals surface area contributed by atoms with E-state index in [2.05, 4.69) is 16.0 Å². The first kappa shape index (κ1) is 32.9. The molecule has 4 N–H and O–H groups in total. The average Bonchev–Trinajstić information content (AvgIpc) is 3.35. The van der Waals surface area contributed by atoms with Crippen LogP contribution in [0.3, 0.4) is 0 Å². The van der Waals surface area contributed by atoms with E-state index in [-0.39, 0.29) is 36.8 Å². The van der Waals surface area contributed by atoms with Crippen LogP contribution in [0.1, 0.15) is 79.6 Å². The Balaban J connectivity index is 1.63. The summed E-state index contributed by atoms with van der Waals surface area (Å²) in [6.45, 7) is 9.37. The Hall–Kier alpha value is -2.65. The summed E-state index contributed by atoms with van der Waals surface area (Å²) in [6, 6.07) is -3.00. The van der Waals surface area contributed by atoms with Crippen molar-refractivity contribution in [1.82, 2.24) is 20.9 Å². The fourth-order valence-electron chi connectivity index (χ4n) is 5.77. The molecule has 0 spiro atoms. The summed E-state index contributed by atoms with van der Waals surface area (Å²) in [4.78, 5) is 52.5. The molecule has 0 saturated carbocycles. The summed E-state index contributed by atoms with van der Waals surface area (Å²) in [5.41, 5.74) is -3.11. The molecule has 3 rings (SSSR count). The fourth-order valence-corrected chi connectivity index (χ4v) is 6.36. The van der Waals surface area contributed by atoms with Gasteiger partial charge in [0.2, 0.25) is 11.8 Å². The number of carbonyl (C=O) groups is 4. The average molecular weight is 604 g/mol. The second-order valence-electron chi connectivity index (χ2n) is 12.6. The monoisotopic (exact) mass is 603 g/mol. The Bertz CT molecular complexity index is 1080. The van der Waals surface area contributed by atoms with Gasteiger partial charge in [-0.05, 0) is 58.8 Å². The van der Waals surface area contributed by atoms with Crippen LogP contribution < -0.4 is 16.0 Å². The number of nitrogens with zero attached hydrogens (tertiary/aromatic N) is 1. The minimum atomic E-state index is -5.21. The van der Waals surface area contributed by atoms with Crippen LogP contribution in [0.25, 0.3) is 0 Å². The number of ether oxygens (including phenoxy) is 2. The van der Waals surface area contributed by atoms with Gasteiger partial charge in [0.1, 0.15) is 27.9 Å². The number of alkyl carbamates (subject to hydrolysis) is 1. The molecular weight excluding hydrogens is 560 g/mol. The molecule has 234 valence electrons. The van der Waals surface area contributed by atoms with Crippen LogP contribution in [-0.2, 0) is 29.2 Å². The molecule has 3 aliphatic heterocycles. The number of amides is 4. The molecule has 3 unspecified atom stereocenters. The van der Waals surface area contributed by atoms with Gasteiger partial charge < -0.3 is 40.0 Å². The molecule has 2 bridgehead atoms. The molecule has 41 heavy (non-hydrogen) atoms. The number of rotatable bonds is 10. The molecule has 4 amide bonds. The van der Waals surface area contributed by atoms with Gasteiger partial charge in [0, 0.05) is 37.4 Å². The maximum atomic E-state index is 13.2. The molecule has 0 aliphatic carbocycles. The van der Waals surface area contributed by atoms with Crippen molar-refractivity contribution in [3.8, 4) is 0 Å². The SMILES string of the molecule is CC(C)C[C@H](NC(=O)OC1CC2CCC(C1)N2C(=O)OC(C)(C)C)C(=O)N[C@@H](C[C@@H]1CCNC1=O)C(O)S(=O)(=O)[O-]. The van der Waals surface area contributed by atoms with Crippen LogP contribution in [0, 0.1) is 11.8 Å². The van der Waals surface area contributed by atoms with Crippen molar-refractivity contribution in [2.24, 2.45) is 11.8 Å². The largest absolute Gasteiger partial charge is 0.746 e. The lowest BCUT2D eigenvalue weighted by Gasteiger charge is -2.39. The van der Waals surface area contributed by atoms with Crippen molar-refractivity contribution in [2.45, 2.75) is 121 Å². The Morgan fingerprint density at radius 2 is 1.73 bits per heavy atom. The van der Waals surface area contributed by atoms with Crippen LogP contribution in [-0.4, -0.2) is 94.8 Å². The molecule has 0 aromatic carbocycles. The number of carbonyl (C=O) groups excluding carboxylic acids is 4. The molecular formula is C26H43N4O10S-. The van der Waals surface area contributed by atoms with Crippen LogP contribution in [0.2, 0.25) is 0 Å². The lowest BCUT2D eigenvalue weighted by atomic mass is 9.97. The summed E-state index contributed by atoms with van der Waals surface area (Å²) in [7, 11) is -5.21. The van der Waals surface area contributed by atoms with Crippen LogP contribution in [0.5, 0.6) is 0 Å². The van der Waals surface area contributed by atoms with E-state index in [1.165, 1.54) is 0 Å². The summed E-state index contributed by atoms with van der Waals surface area (Å²) in [5, 5.41) is 17.7. The Labute approximate surface area is 241 Å². The lowest BCUT2D eigenvalue weighted by molar-refractivity contribution is -0.126. The Morgan fingerprint density at radius 3 is 2.22 bits per heavy atom. The number of piperidine rings is 1. The fraction of sp³-hybridized carbons (Fsp3) is 0.846. The Morgan fingerprint density at radius 1 is 1.12 bits per heavy atom. The van der Waals surface area contributed by atoms with Crippen molar-refractivity contribution >= 4 is 34.1 Å². The van der Waals surface area contributed by atoms with E-state index in [0.717, 1.165) is 12.8 Å². The molecule has 14 nitrogen and oxygen atoms in total. The minimum Gasteiger partial charge on any atom is -0.746 e. The third kappa shape index (κ3) is 9.17. The van der Waals surface area contributed by atoms with E-state index in [9.17, 15) is 37.3 Å². The van der Waals surface area contributed by atoms with Gasteiger partial charge in [-0.3, -0.25) is 9.59 Å². The minimum absolute atomic E-state index is 0.0776. The normalized spacial score (nSPS) is 26.6. The zero-order valence-corrected chi connectivity index (χ0v) is 25.1. The second-order valence-corrected chi connectivity index (χ2v) is 14.1. The third-order valence-corrected chi connectivity index (χ3v) is 8.47. The van der Waals surface area contributed by atoms with E-state index in [1.54, 1.807) is 25.7 Å². The number of aliphatic hydroxyl groups excluding tert-OH is 1. The number of nitrogens with one attached hydrogen (secondary N) is 3. The first-order valence-corrected chi connectivity index (χ1v) is 15.6. The molecule has 3 fully saturated rings. The maximum Gasteiger partial charge on any atom is 0.410 e. The van der Waals surface area contributed by atoms with Crippen molar-refractivity contribution in [3.63, 3.8) is 0 Å². The summed E-state index contributed by atoms with van der Waals surface area (Å²) in [5.74, 6) is -1.96. The highest BCUT2D eigenvalue weighted by Crippen LogP contribution is 2.38. The molecule has 6 atom stereocenters. The van der Waals surface area contributed by atoms with Gasteiger partial charge in [-0.25, -0.2) is 18.0 Å². The summed E-state index contributed by atoms with van der Waals surface area (Å²) < 4.78 is 45.9. The van der Waals surface area contributed by atoms with Crippen molar-refractivity contribution < 1.29 is 46.7 Å². The van der Waals surface area contributed by atoms with E-state index < -0.39 is 63.4 Å². The molecule has 3 heterocycles. The van der Waals surface area contributed by atoms with E-state index in [0.29, 0.717) is 25.8 Å². The van der Waals surface area contributed by atoms with Crippen LogP contribution >= 0.6 is 0 Å². The first-order chi connectivity index (χ1) is 18.9. The second kappa shape index (κ2) is 13.1. The number of hydrogen-bond acceptors (Lipinski definition) is 10. The van der Waals surface area contributed by atoms with Gasteiger partial charge in [-0.2, -0.15) is 0 Å². The van der Waals surface area contributed by atoms with Crippen LogP contribution in [0.4, 0.5) is 9.59 Å². The van der Waals surface area contributed by atoms with Crippen LogP contribution in [0.15, 0.2) is 0 Å². The highest BCUT2D eigenvalue weighted by molar-refractivity contribution is 7.86. The number of hydrogen-bond donors (Lipinski definition) is 4. The summed E-state index contributed by atoms with van der Waals surface area (Å²) in [6.07, 6.45) is 0.855. The van der Waals surface area contributed by atoms with Gasteiger partial charge in [-0.1, -0.05) is 13.8 Å². The molecule has 0 radical (unpaired) electrons. The van der Waals surface area contributed by atoms with Gasteiger partial charge in [0.25, 0.3) is 0 Å². The zero-order valence-electron chi connectivity index (χ0n) is 24.3. The van der Waals surface area contributed by atoms with E-state index in [1.807, 2.05) is 13.8 Å². The third-order valence-electron chi connectivity index (χ3n) is 7.55. The zero-order chi connectivity index (χ0) is 30.7. The molecule has 0 aromatic rings. The van der Waals surface area contributed by atoms with E-state index in [4.69, 9.17) is 9.47 Å². The van der Waals surface area contributed by atoms with Crippen molar-refractivity contribution in [3.05, 3.63) is 0 Å². The number of fused-ring (bicyclic) bond motifs is 2. The van der Waals surface area contributed by atoms with Crippen molar-refractivity contribution in [1.29, 1.82) is 0 Å². The highest BCUT2D eigenvalue weighted by atomic mass is 32.2. The standard InChI is InChI=1S/C26H44N4O10S/c1-14(2)10-19(22(32)28-20(23(33)41(36,37)38)11-15-8-9-27-21(15)31)29-24(34)39-18-12-16-6-7-17(13-18)30(16)25(35)40-26(3,4)5/h14-20,23,33H,6-13H2,1-5H3,(H,27,31)(H,28,32)(H,29,34)(H,36,37,38)/p-1/t15-,16?,17?,18?,19-,20-,23?/m0/s1. The first-order valence-electron chi connectivity index (χ1n) is 14.1. The topological polar surface area (TPSA) is 203 Å². The van der Waals surface area contributed by atoms with Gasteiger partial charge >= 0.3 is 12.2 Å². The lowest BCUT2D eigenvalue weighted by Crippen LogP contribution is -2.55. The van der Waals surface area contributed by atoms with Crippen molar-refractivity contribution in [2.75, 3.05) is 6.54 Å². The molecule has 0 aromatic heterocycles. The van der Waals surface area contributed by atoms with E-state index >= 15 is 0 Å². The molecule has 3 aliphatic rings. The van der Waals surface area contributed by atoms with Gasteiger partial charge in [0.15, 0.2) is 5.44 Å². The number of aliphatic hydroxyl groups is 1. The maximum absolute atomic E-state index is 13.2. The predicted molar refractivity (Wildman–Crippen MR) is 144 cm³/mol.